The maximum absolute atomic E-state index is 11.7. The van der Waals surface area contributed by atoms with Crippen molar-refractivity contribution < 1.29 is 4.79 Å². The SMILES string of the molecule is CC(=O)c1ccc(C(C)(C)C)cc1N/N=C(\C#N)C(=N)N. The van der Waals surface area contributed by atoms with E-state index in [0.717, 1.165) is 5.56 Å². The highest BCUT2D eigenvalue weighted by Gasteiger charge is 2.17. The van der Waals surface area contributed by atoms with E-state index < -0.39 is 5.84 Å². The number of carbonyl (C=O) groups is 1. The number of nitrogens with two attached hydrogens (primary N) is 1. The molecule has 0 aromatic heterocycles. The predicted octanol–water partition coefficient (Wildman–Crippen LogP) is 2.41. The van der Waals surface area contributed by atoms with Crippen molar-refractivity contribution in [1.29, 1.82) is 10.7 Å². The van der Waals surface area contributed by atoms with Gasteiger partial charge in [-0.3, -0.25) is 15.6 Å². The molecule has 0 spiro atoms. The van der Waals surface area contributed by atoms with Gasteiger partial charge in [-0.1, -0.05) is 26.8 Å². The Morgan fingerprint density at radius 1 is 1.43 bits per heavy atom. The van der Waals surface area contributed by atoms with Crippen LogP contribution in [0.25, 0.3) is 0 Å². The molecule has 0 fully saturated rings. The Balaban J connectivity index is 3.29. The smallest absolute Gasteiger partial charge is 0.201 e. The van der Waals surface area contributed by atoms with Crippen molar-refractivity contribution in [3.8, 4) is 6.07 Å². The van der Waals surface area contributed by atoms with Crippen LogP contribution in [0.15, 0.2) is 23.3 Å². The molecule has 0 bridgehead atoms. The van der Waals surface area contributed by atoms with Crippen LogP contribution in [0.4, 0.5) is 5.69 Å². The van der Waals surface area contributed by atoms with Crippen molar-refractivity contribution in [2.24, 2.45) is 10.8 Å². The summed E-state index contributed by atoms with van der Waals surface area (Å²) in [5, 5.41) is 19.8. The number of benzene rings is 1. The minimum absolute atomic E-state index is 0.0892. The molecule has 0 saturated heterocycles. The Labute approximate surface area is 124 Å². The molecule has 0 saturated carbocycles. The second kappa shape index (κ2) is 6.18. The minimum Gasteiger partial charge on any atom is -0.382 e. The zero-order chi connectivity index (χ0) is 16.2. The van der Waals surface area contributed by atoms with Crippen molar-refractivity contribution in [2.45, 2.75) is 33.1 Å². The highest BCUT2D eigenvalue weighted by molar-refractivity contribution is 6.45. The molecule has 1 aromatic rings. The molecule has 0 aliphatic rings. The number of carbonyl (C=O) groups excluding carboxylic acids is 1. The molecule has 6 heteroatoms. The standard InChI is InChI=1S/C15H19N5O/c1-9(21)11-6-5-10(15(2,3)4)7-12(11)19-20-13(8-16)14(17)18/h5-7,19H,1-4H3,(H3,17,18)/b20-13+. The lowest BCUT2D eigenvalue weighted by molar-refractivity contribution is 0.101. The van der Waals surface area contributed by atoms with Crippen LogP contribution in [-0.2, 0) is 5.41 Å². The Kier molecular flexibility index (Phi) is 4.82. The lowest BCUT2D eigenvalue weighted by Gasteiger charge is -2.20. The zero-order valence-electron chi connectivity index (χ0n) is 12.6. The van der Waals surface area contributed by atoms with E-state index in [1.807, 2.05) is 12.1 Å². The third-order valence-corrected chi connectivity index (χ3v) is 2.91. The van der Waals surface area contributed by atoms with Crippen LogP contribution in [0.2, 0.25) is 0 Å². The van der Waals surface area contributed by atoms with E-state index in [1.165, 1.54) is 6.92 Å². The number of nitrogens with one attached hydrogen (secondary N) is 2. The molecule has 0 radical (unpaired) electrons. The summed E-state index contributed by atoms with van der Waals surface area (Å²) in [4.78, 5) is 11.7. The fourth-order valence-electron chi connectivity index (χ4n) is 1.67. The first kappa shape index (κ1) is 16.4. The predicted molar refractivity (Wildman–Crippen MR) is 83.7 cm³/mol. The van der Waals surface area contributed by atoms with Crippen LogP contribution in [0, 0.1) is 16.7 Å². The van der Waals surface area contributed by atoms with Crippen molar-refractivity contribution in [3.05, 3.63) is 29.3 Å². The number of nitriles is 1. The van der Waals surface area contributed by atoms with Crippen molar-refractivity contribution >= 4 is 23.0 Å². The Hall–Kier alpha value is -2.68. The number of Topliss-reactive ketones (excluding diaryl/α,β-unsaturated/α-hetero) is 1. The molecule has 0 atom stereocenters. The number of hydrazone groups is 1. The van der Waals surface area contributed by atoms with Gasteiger partial charge < -0.3 is 5.73 Å². The molecule has 0 aliphatic carbocycles. The summed E-state index contributed by atoms with van der Waals surface area (Å²) in [6.07, 6.45) is 0. The lowest BCUT2D eigenvalue weighted by Crippen LogP contribution is -2.22. The van der Waals surface area contributed by atoms with Crippen LogP contribution in [0.3, 0.4) is 0 Å². The first-order valence-electron chi connectivity index (χ1n) is 6.40. The fourth-order valence-corrected chi connectivity index (χ4v) is 1.67. The summed E-state index contributed by atoms with van der Waals surface area (Å²) < 4.78 is 0. The second-order valence-electron chi connectivity index (χ2n) is 5.66. The van der Waals surface area contributed by atoms with Gasteiger partial charge in [-0.25, -0.2) is 0 Å². The number of amidine groups is 1. The number of ketones is 1. The molecule has 0 aliphatic heterocycles. The van der Waals surface area contributed by atoms with Crippen LogP contribution in [-0.4, -0.2) is 17.3 Å². The second-order valence-corrected chi connectivity index (χ2v) is 5.66. The highest BCUT2D eigenvalue weighted by atomic mass is 16.1. The van der Waals surface area contributed by atoms with Crippen molar-refractivity contribution in [2.75, 3.05) is 5.43 Å². The van der Waals surface area contributed by atoms with E-state index in [0.29, 0.717) is 11.3 Å². The average molecular weight is 285 g/mol. The molecular weight excluding hydrogens is 266 g/mol. The molecule has 6 nitrogen and oxygen atoms in total. The third kappa shape index (κ3) is 4.14. The van der Waals surface area contributed by atoms with Crippen LogP contribution >= 0.6 is 0 Å². The van der Waals surface area contributed by atoms with E-state index in [-0.39, 0.29) is 16.9 Å². The number of hydrogen-bond acceptors (Lipinski definition) is 5. The van der Waals surface area contributed by atoms with Gasteiger partial charge in [-0.2, -0.15) is 10.4 Å². The maximum atomic E-state index is 11.7. The topological polar surface area (TPSA) is 115 Å². The molecule has 1 aromatic carbocycles. The van der Waals surface area contributed by atoms with E-state index >= 15 is 0 Å². The van der Waals surface area contributed by atoms with Gasteiger partial charge in [0.25, 0.3) is 0 Å². The van der Waals surface area contributed by atoms with Gasteiger partial charge in [0, 0.05) is 5.56 Å². The Morgan fingerprint density at radius 3 is 2.48 bits per heavy atom. The molecule has 0 amide bonds. The van der Waals surface area contributed by atoms with Crippen LogP contribution in [0.1, 0.15) is 43.6 Å². The fraction of sp³-hybridized carbons (Fsp3) is 0.333. The number of anilines is 1. The van der Waals surface area contributed by atoms with Crippen molar-refractivity contribution in [1.82, 2.24) is 0 Å². The monoisotopic (exact) mass is 285 g/mol. The van der Waals surface area contributed by atoms with Gasteiger partial charge >= 0.3 is 0 Å². The molecule has 0 heterocycles. The summed E-state index contributed by atoms with van der Waals surface area (Å²) >= 11 is 0. The molecule has 0 unspecified atom stereocenters. The third-order valence-electron chi connectivity index (χ3n) is 2.91. The van der Waals surface area contributed by atoms with Crippen LogP contribution < -0.4 is 11.2 Å². The van der Waals surface area contributed by atoms with E-state index in [4.69, 9.17) is 16.4 Å². The van der Waals surface area contributed by atoms with E-state index in [1.54, 1.807) is 12.1 Å². The first-order chi connectivity index (χ1) is 9.66. The zero-order valence-corrected chi connectivity index (χ0v) is 12.6. The molecule has 21 heavy (non-hydrogen) atoms. The Bertz CT molecular complexity index is 647. The Morgan fingerprint density at radius 2 is 2.05 bits per heavy atom. The average Bonchev–Trinajstić information content (AvgIpc) is 2.37. The van der Waals surface area contributed by atoms with Gasteiger partial charge in [-0.15, -0.1) is 0 Å². The highest BCUT2D eigenvalue weighted by Crippen LogP contribution is 2.27. The van der Waals surface area contributed by atoms with Gasteiger partial charge in [0.2, 0.25) is 5.71 Å². The van der Waals surface area contributed by atoms with E-state index in [9.17, 15) is 4.79 Å². The summed E-state index contributed by atoms with van der Waals surface area (Å²) in [7, 11) is 0. The largest absolute Gasteiger partial charge is 0.382 e. The number of nitrogens with zero attached hydrogens (tertiary/aromatic N) is 2. The normalized spacial score (nSPS) is 11.7. The van der Waals surface area contributed by atoms with Crippen molar-refractivity contribution in [3.63, 3.8) is 0 Å². The molecule has 110 valence electrons. The lowest BCUT2D eigenvalue weighted by atomic mass is 9.86. The minimum atomic E-state index is -0.429. The quantitative estimate of drug-likeness (QED) is 0.341. The summed E-state index contributed by atoms with van der Waals surface area (Å²) in [5.41, 5.74) is 9.55. The summed E-state index contributed by atoms with van der Waals surface area (Å²) in [5.74, 6) is -0.546. The summed E-state index contributed by atoms with van der Waals surface area (Å²) in [6.45, 7) is 7.62. The first-order valence-corrected chi connectivity index (χ1v) is 6.40. The van der Waals surface area contributed by atoms with Gasteiger partial charge in [-0.05, 0) is 30.0 Å². The summed E-state index contributed by atoms with van der Waals surface area (Å²) in [6, 6.07) is 7.15. The molecule has 1 rings (SSSR count). The van der Waals surface area contributed by atoms with Gasteiger partial charge in [0.1, 0.15) is 6.07 Å². The number of rotatable bonds is 4. The number of hydrogen-bond donors (Lipinski definition) is 3. The molecule has 4 N–H and O–H groups in total. The van der Waals surface area contributed by atoms with Gasteiger partial charge in [0.05, 0.1) is 5.69 Å². The van der Waals surface area contributed by atoms with Gasteiger partial charge in [0.15, 0.2) is 11.6 Å². The van der Waals surface area contributed by atoms with E-state index in [2.05, 4.69) is 31.3 Å². The van der Waals surface area contributed by atoms with Crippen LogP contribution in [0.5, 0.6) is 0 Å². The maximum Gasteiger partial charge on any atom is 0.201 e. The molecular formula is C15H19N5O.